The van der Waals surface area contributed by atoms with Crippen LogP contribution in [-0.4, -0.2) is 38.1 Å². The summed E-state index contributed by atoms with van der Waals surface area (Å²) < 4.78 is 10.6. The van der Waals surface area contributed by atoms with E-state index in [9.17, 15) is 4.79 Å². The van der Waals surface area contributed by atoms with Crippen LogP contribution in [0.1, 0.15) is 45.1 Å². The highest BCUT2D eigenvalue weighted by Crippen LogP contribution is 2.25. The second-order valence-electron chi connectivity index (χ2n) is 5.44. The van der Waals surface area contributed by atoms with Gasteiger partial charge in [-0.15, -0.1) is 0 Å². The van der Waals surface area contributed by atoms with E-state index in [0.29, 0.717) is 12.2 Å². The molecule has 0 saturated heterocycles. The molecule has 1 aromatic carbocycles. The zero-order valence-electron chi connectivity index (χ0n) is 14.4. The lowest BCUT2D eigenvalue weighted by molar-refractivity contribution is -0.130. The monoisotopic (exact) mass is 307 g/mol. The van der Waals surface area contributed by atoms with Crippen LogP contribution in [0, 0.1) is 0 Å². The Bertz CT molecular complexity index is 452. The molecule has 0 heterocycles. The molecule has 0 aromatic heterocycles. The Kier molecular flexibility index (Phi) is 8.41. The van der Waals surface area contributed by atoms with E-state index in [0.717, 1.165) is 50.1 Å². The SMILES string of the molecule is CCCCN(CCCC)C(=O)Cc1ccc(OC)cc1OC. The lowest BCUT2D eigenvalue weighted by Crippen LogP contribution is -2.34. The normalized spacial score (nSPS) is 10.4. The molecule has 0 aliphatic heterocycles. The van der Waals surface area contributed by atoms with Crippen molar-refractivity contribution in [3.63, 3.8) is 0 Å². The zero-order chi connectivity index (χ0) is 16.4. The number of benzene rings is 1. The van der Waals surface area contributed by atoms with Crippen molar-refractivity contribution in [1.82, 2.24) is 4.90 Å². The van der Waals surface area contributed by atoms with Gasteiger partial charge in [0, 0.05) is 24.7 Å². The van der Waals surface area contributed by atoms with Gasteiger partial charge in [0.05, 0.1) is 20.6 Å². The summed E-state index contributed by atoms with van der Waals surface area (Å²) in [5.74, 6) is 1.62. The summed E-state index contributed by atoms with van der Waals surface area (Å²) in [6, 6.07) is 5.60. The van der Waals surface area contributed by atoms with E-state index in [1.54, 1.807) is 14.2 Å². The fourth-order valence-electron chi connectivity index (χ4n) is 2.33. The second kappa shape index (κ2) is 10.1. The van der Waals surface area contributed by atoms with E-state index in [2.05, 4.69) is 13.8 Å². The third-order valence-electron chi connectivity index (χ3n) is 3.75. The maximum atomic E-state index is 12.6. The van der Waals surface area contributed by atoms with Crippen molar-refractivity contribution < 1.29 is 14.3 Å². The van der Waals surface area contributed by atoms with Gasteiger partial charge in [-0.2, -0.15) is 0 Å². The van der Waals surface area contributed by atoms with Gasteiger partial charge in [-0.25, -0.2) is 0 Å². The average molecular weight is 307 g/mol. The fraction of sp³-hybridized carbons (Fsp3) is 0.611. The summed E-state index contributed by atoms with van der Waals surface area (Å²) in [5.41, 5.74) is 0.909. The number of carbonyl (C=O) groups excluding carboxylic acids is 1. The van der Waals surface area contributed by atoms with Gasteiger partial charge in [0.2, 0.25) is 5.91 Å². The number of amides is 1. The number of hydrogen-bond donors (Lipinski definition) is 0. The van der Waals surface area contributed by atoms with Crippen LogP contribution >= 0.6 is 0 Å². The Labute approximate surface area is 134 Å². The molecule has 0 unspecified atom stereocenters. The molecule has 4 heteroatoms. The van der Waals surface area contributed by atoms with Crippen LogP contribution in [0.5, 0.6) is 11.5 Å². The van der Waals surface area contributed by atoms with Crippen molar-refractivity contribution in [1.29, 1.82) is 0 Å². The number of unbranched alkanes of at least 4 members (excludes halogenated alkanes) is 2. The third-order valence-corrected chi connectivity index (χ3v) is 3.75. The summed E-state index contributed by atoms with van der Waals surface area (Å²) in [6.07, 6.45) is 4.68. The van der Waals surface area contributed by atoms with Crippen molar-refractivity contribution in [2.75, 3.05) is 27.3 Å². The van der Waals surface area contributed by atoms with Crippen LogP contribution in [0.4, 0.5) is 0 Å². The Morgan fingerprint density at radius 1 is 1.05 bits per heavy atom. The van der Waals surface area contributed by atoms with Gasteiger partial charge in [-0.3, -0.25) is 4.79 Å². The van der Waals surface area contributed by atoms with Crippen molar-refractivity contribution in [2.24, 2.45) is 0 Å². The van der Waals surface area contributed by atoms with Crippen LogP contribution in [-0.2, 0) is 11.2 Å². The highest BCUT2D eigenvalue weighted by molar-refractivity contribution is 5.79. The minimum atomic E-state index is 0.172. The Balaban J connectivity index is 2.78. The molecule has 0 aliphatic carbocycles. The quantitative estimate of drug-likeness (QED) is 0.662. The molecule has 0 aliphatic rings. The molecule has 22 heavy (non-hydrogen) atoms. The molecule has 1 aromatic rings. The standard InChI is InChI=1S/C18H29NO3/c1-5-7-11-19(12-8-6-2)18(20)13-15-9-10-16(21-3)14-17(15)22-4/h9-10,14H,5-8,11-13H2,1-4H3. The number of nitrogens with zero attached hydrogens (tertiary/aromatic N) is 1. The highest BCUT2D eigenvalue weighted by Gasteiger charge is 2.16. The van der Waals surface area contributed by atoms with Gasteiger partial charge >= 0.3 is 0 Å². The molecule has 0 bridgehead atoms. The lowest BCUT2D eigenvalue weighted by atomic mass is 10.1. The molecule has 1 rings (SSSR count). The topological polar surface area (TPSA) is 38.8 Å². The predicted octanol–water partition coefficient (Wildman–Crippen LogP) is 3.68. The minimum Gasteiger partial charge on any atom is -0.497 e. The molecular formula is C18H29NO3. The van der Waals surface area contributed by atoms with E-state index < -0.39 is 0 Å². The smallest absolute Gasteiger partial charge is 0.227 e. The number of ether oxygens (including phenoxy) is 2. The molecule has 0 saturated carbocycles. The largest absolute Gasteiger partial charge is 0.497 e. The summed E-state index contributed by atoms with van der Waals surface area (Å²) >= 11 is 0. The Hall–Kier alpha value is -1.71. The highest BCUT2D eigenvalue weighted by atomic mass is 16.5. The molecule has 124 valence electrons. The number of rotatable bonds is 10. The second-order valence-corrected chi connectivity index (χ2v) is 5.44. The first-order valence-electron chi connectivity index (χ1n) is 8.14. The van der Waals surface area contributed by atoms with Crippen LogP contribution in [0.2, 0.25) is 0 Å². The van der Waals surface area contributed by atoms with Crippen molar-refractivity contribution in [2.45, 2.75) is 46.0 Å². The van der Waals surface area contributed by atoms with Crippen LogP contribution in [0.25, 0.3) is 0 Å². The maximum Gasteiger partial charge on any atom is 0.227 e. The van der Waals surface area contributed by atoms with Crippen LogP contribution < -0.4 is 9.47 Å². The fourth-order valence-corrected chi connectivity index (χ4v) is 2.33. The maximum absolute atomic E-state index is 12.6. The molecule has 1 amide bonds. The lowest BCUT2D eigenvalue weighted by Gasteiger charge is -2.23. The Morgan fingerprint density at radius 2 is 1.68 bits per heavy atom. The van der Waals surface area contributed by atoms with E-state index in [4.69, 9.17) is 9.47 Å². The molecule has 0 spiro atoms. The van der Waals surface area contributed by atoms with E-state index in [1.165, 1.54) is 0 Å². The van der Waals surface area contributed by atoms with E-state index >= 15 is 0 Å². The van der Waals surface area contributed by atoms with Gasteiger partial charge in [-0.1, -0.05) is 32.8 Å². The van der Waals surface area contributed by atoms with Gasteiger partial charge in [0.25, 0.3) is 0 Å². The number of methoxy groups -OCH3 is 2. The zero-order valence-corrected chi connectivity index (χ0v) is 14.4. The van der Waals surface area contributed by atoms with Gasteiger partial charge in [0.15, 0.2) is 0 Å². The summed E-state index contributed by atoms with van der Waals surface area (Å²) in [4.78, 5) is 14.6. The van der Waals surface area contributed by atoms with Crippen LogP contribution in [0.3, 0.4) is 0 Å². The van der Waals surface area contributed by atoms with Gasteiger partial charge in [0.1, 0.15) is 11.5 Å². The summed E-state index contributed by atoms with van der Waals surface area (Å²) in [7, 11) is 3.24. The molecule has 4 nitrogen and oxygen atoms in total. The van der Waals surface area contributed by atoms with Crippen molar-refractivity contribution in [3.05, 3.63) is 23.8 Å². The average Bonchev–Trinajstić information content (AvgIpc) is 2.55. The molecule has 0 radical (unpaired) electrons. The first-order chi connectivity index (χ1) is 10.7. The third kappa shape index (κ3) is 5.58. The number of carbonyl (C=O) groups is 1. The van der Waals surface area contributed by atoms with Gasteiger partial charge < -0.3 is 14.4 Å². The summed E-state index contributed by atoms with van der Waals surface area (Å²) in [5, 5.41) is 0. The molecule has 0 atom stereocenters. The van der Waals surface area contributed by atoms with Gasteiger partial charge in [-0.05, 0) is 18.9 Å². The molecule has 0 fully saturated rings. The predicted molar refractivity (Wildman–Crippen MR) is 89.6 cm³/mol. The van der Waals surface area contributed by atoms with Crippen molar-refractivity contribution >= 4 is 5.91 Å². The van der Waals surface area contributed by atoms with Crippen molar-refractivity contribution in [3.8, 4) is 11.5 Å². The number of hydrogen-bond acceptors (Lipinski definition) is 3. The van der Waals surface area contributed by atoms with E-state index in [-0.39, 0.29) is 5.91 Å². The first-order valence-corrected chi connectivity index (χ1v) is 8.14. The molecule has 0 N–H and O–H groups in total. The van der Waals surface area contributed by atoms with E-state index in [1.807, 2.05) is 23.1 Å². The first kappa shape index (κ1) is 18.3. The summed E-state index contributed by atoms with van der Waals surface area (Å²) in [6.45, 7) is 5.98. The molecular weight excluding hydrogens is 278 g/mol. The minimum absolute atomic E-state index is 0.172. The van der Waals surface area contributed by atoms with Crippen LogP contribution in [0.15, 0.2) is 18.2 Å². The Morgan fingerprint density at radius 3 is 2.18 bits per heavy atom.